The van der Waals surface area contributed by atoms with Crippen LogP contribution < -0.4 is 0 Å². The molecule has 0 bridgehead atoms. The molecule has 2 rings (SSSR count). The zero-order chi connectivity index (χ0) is 14.0. The van der Waals surface area contributed by atoms with Gasteiger partial charge in [-0.3, -0.25) is 0 Å². The normalized spacial score (nSPS) is 12.6. The SMILES string of the molecule is CCOC(=O)C(O)c1cn(CC)c2c(C)cccc12. The van der Waals surface area contributed by atoms with Crippen LogP contribution in [-0.2, 0) is 16.1 Å². The Bertz CT molecular complexity index is 601. The van der Waals surface area contributed by atoms with Gasteiger partial charge < -0.3 is 14.4 Å². The van der Waals surface area contributed by atoms with Crippen molar-refractivity contribution in [2.75, 3.05) is 6.61 Å². The Morgan fingerprint density at radius 1 is 1.42 bits per heavy atom. The number of hydrogen-bond acceptors (Lipinski definition) is 3. The molecule has 4 heteroatoms. The minimum absolute atomic E-state index is 0.265. The maximum atomic E-state index is 11.7. The molecule has 1 heterocycles. The van der Waals surface area contributed by atoms with E-state index in [2.05, 4.69) is 0 Å². The van der Waals surface area contributed by atoms with Crippen molar-refractivity contribution < 1.29 is 14.6 Å². The molecule has 1 N–H and O–H groups in total. The van der Waals surface area contributed by atoms with Gasteiger partial charge in [0.05, 0.1) is 12.1 Å². The topological polar surface area (TPSA) is 51.5 Å². The van der Waals surface area contributed by atoms with E-state index in [0.29, 0.717) is 5.56 Å². The van der Waals surface area contributed by atoms with E-state index < -0.39 is 12.1 Å². The van der Waals surface area contributed by atoms with Gasteiger partial charge in [-0.05, 0) is 26.3 Å². The number of ether oxygens (including phenoxy) is 1. The van der Waals surface area contributed by atoms with Gasteiger partial charge in [0.2, 0.25) is 0 Å². The molecule has 0 aliphatic rings. The Balaban J connectivity index is 2.55. The Labute approximate surface area is 112 Å². The first-order valence-electron chi connectivity index (χ1n) is 6.53. The van der Waals surface area contributed by atoms with E-state index in [-0.39, 0.29) is 6.61 Å². The molecule has 0 amide bonds. The second kappa shape index (κ2) is 5.45. The van der Waals surface area contributed by atoms with Crippen molar-refractivity contribution in [3.05, 3.63) is 35.5 Å². The summed E-state index contributed by atoms with van der Waals surface area (Å²) in [5, 5.41) is 11.0. The fraction of sp³-hybridized carbons (Fsp3) is 0.400. The predicted molar refractivity (Wildman–Crippen MR) is 73.9 cm³/mol. The quantitative estimate of drug-likeness (QED) is 0.861. The molecule has 0 radical (unpaired) electrons. The van der Waals surface area contributed by atoms with Crippen molar-refractivity contribution in [2.45, 2.75) is 33.4 Å². The number of rotatable bonds is 4. The third-order valence-corrected chi connectivity index (χ3v) is 3.28. The van der Waals surface area contributed by atoms with Gasteiger partial charge in [-0.15, -0.1) is 0 Å². The molecular weight excluding hydrogens is 242 g/mol. The van der Waals surface area contributed by atoms with Gasteiger partial charge in [-0.1, -0.05) is 18.2 Å². The van der Waals surface area contributed by atoms with Crippen LogP contribution in [0.15, 0.2) is 24.4 Å². The zero-order valence-electron chi connectivity index (χ0n) is 11.5. The molecule has 19 heavy (non-hydrogen) atoms. The molecular formula is C15H19NO3. The molecule has 1 aromatic carbocycles. The maximum Gasteiger partial charge on any atom is 0.339 e. The van der Waals surface area contributed by atoms with E-state index in [9.17, 15) is 9.90 Å². The molecule has 4 nitrogen and oxygen atoms in total. The highest BCUT2D eigenvalue weighted by molar-refractivity contribution is 5.91. The van der Waals surface area contributed by atoms with Gasteiger partial charge in [0.25, 0.3) is 0 Å². The lowest BCUT2D eigenvalue weighted by atomic mass is 10.1. The molecule has 0 aliphatic carbocycles. The Kier molecular flexibility index (Phi) is 3.90. The highest BCUT2D eigenvalue weighted by Crippen LogP contribution is 2.29. The van der Waals surface area contributed by atoms with E-state index in [1.54, 1.807) is 6.92 Å². The van der Waals surface area contributed by atoms with Crippen LogP contribution in [0.25, 0.3) is 10.9 Å². The molecule has 1 atom stereocenters. The molecule has 0 fully saturated rings. The second-order valence-electron chi connectivity index (χ2n) is 4.50. The fourth-order valence-corrected chi connectivity index (χ4v) is 2.39. The third-order valence-electron chi connectivity index (χ3n) is 3.28. The number of esters is 1. The Morgan fingerprint density at radius 2 is 2.16 bits per heavy atom. The summed E-state index contributed by atoms with van der Waals surface area (Å²) in [5.74, 6) is -0.598. The van der Waals surface area contributed by atoms with Gasteiger partial charge in [-0.25, -0.2) is 4.79 Å². The van der Waals surface area contributed by atoms with Gasteiger partial charge in [0, 0.05) is 23.7 Å². The number of aliphatic hydroxyl groups is 1. The number of aryl methyl sites for hydroxylation is 2. The van der Waals surface area contributed by atoms with Crippen molar-refractivity contribution in [3.8, 4) is 0 Å². The van der Waals surface area contributed by atoms with Crippen molar-refractivity contribution in [2.24, 2.45) is 0 Å². The number of benzene rings is 1. The average molecular weight is 261 g/mol. The molecule has 0 spiro atoms. The number of fused-ring (bicyclic) bond motifs is 1. The van der Waals surface area contributed by atoms with Gasteiger partial charge in [0.1, 0.15) is 0 Å². The number of nitrogens with zero attached hydrogens (tertiary/aromatic N) is 1. The number of aliphatic hydroxyl groups excluding tert-OH is 1. The van der Waals surface area contributed by atoms with E-state index in [1.807, 2.05) is 42.8 Å². The Morgan fingerprint density at radius 3 is 2.79 bits per heavy atom. The summed E-state index contributed by atoms with van der Waals surface area (Å²) in [5.41, 5.74) is 2.80. The van der Waals surface area contributed by atoms with Crippen LogP contribution in [0, 0.1) is 6.92 Å². The molecule has 0 saturated heterocycles. The lowest BCUT2D eigenvalue weighted by Gasteiger charge is -2.08. The first kappa shape index (κ1) is 13.6. The number of para-hydroxylation sites is 1. The molecule has 2 aromatic rings. The number of carbonyl (C=O) groups is 1. The van der Waals surface area contributed by atoms with Crippen molar-refractivity contribution >= 4 is 16.9 Å². The summed E-state index contributed by atoms with van der Waals surface area (Å²) >= 11 is 0. The van der Waals surface area contributed by atoms with Crippen LogP contribution in [0.3, 0.4) is 0 Å². The Hall–Kier alpha value is -1.81. The molecule has 1 unspecified atom stereocenters. The lowest BCUT2D eigenvalue weighted by molar-refractivity contribution is -0.153. The molecule has 0 aliphatic heterocycles. The van der Waals surface area contributed by atoms with Crippen molar-refractivity contribution in [3.63, 3.8) is 0 Å². The summed E-state index contributed by atoms with van der Waals surface area (Å²) in [6.45, 7) is 6.84. The highest BCUT2D eigenvalue weighted by Gasteiger charge is 2.23. The number of carbonyl (C=O) groups excluding carboxylic acids is 1. The molecule has 1 aromatic heterocycles. The summed E-state index contributed by atoms with van der Waals surface area (Å²) in [4.78, 5) is 11.7. The standard InChI is InChI=1S/C15H19NO3/c1-4-16-9-12(14(17)15(18)19-5-2)11-8-6-7-10(3)13(11)16/h6-9,14,17H,4-5H2,1-3H3. The highest BCUT2D eigenvalue weighted by atomic mass is 16.5. The van der Waals surface area contributed by atoms with Crippen LogP contribution in [-0.4, -0.2) is 22.2 Å². The third kappa shape index (κ3) is 2.36. The summed E-state index contributed by atoms with van der Waals surface area (Å²) < 4.78 is 6.93. The van der Waals surface area contributed by atoms with Crippen LogP contribution in [0.5, 0.6) is 0 Å². The van der Waals surface area contributed by atoms with Gasteiger partial charge >= 0.3 is 5.97 Å². The van der Waals surface area contributed by atoms with Crippen LogP contribution in [0.2, 0.25) is 0 Å². The average Bonchev–Trinajstić information content (AvgIpc) is 2.78. The fourth-order valence-electron chi connectivity index (χ4n) is 2.39. The predicted octanol–water partition coefficient (Wildman–Crippen LogP) is 2.57. The van der Waals surface area contributed by atoms with Crippen LogP contribution in [0.1, 0.15) is 31.1 Å². The van der Waals surface area contributed by atoms with Crippen LogP contribution in [0.4, 0.5) is 0 Å². The summed E-state index contributed by atoms with van der Waals surface area (Å²) in [6, 6.07) is 5.88. The smallest absolute Gasteiger partial charge is 0.339 e. The summed E-state index contributed by atoms with van der Waals surface area (Å²) in [6.07, 6.45) is 0.608. The monoisotopic (exact) mass is 261 g/mol. The van der Waals surface area contributed by atoms with Crippen LogP contribution >= 0.6 is 0 Å². The minimum atomic E-state index is -1.22. The zero-order valence-corrected chi connectivity index (χ0v) is 11.5. The molecule has 0 saturated carbocycles. The van der Waals surface area contributed by atoms with E-state index in [1.165, 1.54) is 0 Å². The van der Waals surface area contributed by atoms with E-state index in [4.69, 9.17) is 4.74 Å². The maximum absolute atomic E-state index is 11.7. The number of aromatic nitrogens is 1. The van der Waals surface area contributed by atoms with E-state index >= 15 is 0 Å². The van der Waals surface area contributed by atoms with Gasteiger partial charge in [-0.2, -0.15) is 0 Å². The van der Waals surface area contributed by atoms with E-state index in [0.717, 1.165) is 23.0 Å². The summed E-state index contributed by atoms with van der Waals surface area (Å²) in [7, 11) is 0. The molecule has 102 valence electrons. The van der Waals surface area contributed by atoms with Gasteiger partial charge in [0.15, 0.2) is 6.10 Å². The largest absolute Gasteiger partial charge is 0.464 e. The first-order valence-corrected chi connectivity index (χ1v) is 6.53. The van der Waals surface area contributed by atoms with Crippen molar-refractivity contribution in [1.82, 2.24) is 4.57 Å². The first-order chi connectivity index (χ1) is 9.10. The minimum Gasteiger partial charge on any atom is -0.464 e. The lowest BCUT2D eigenvalue weighted by Crippen LogP contribution is -2.15. The number of hydrogen-bond donors (Lipinski definition) is 1. The second-order valence-corrected chi connectivity index (χ2v) is 4.50. The van der Waals surface area contributed by atoms with Crippen molar-refractivity contribution in [1.29, 1.82) is 0 Å².